The number of carbonyl (C=O) groups excluding carboxylic acids is 1. The number of para-hydroxylation sites is 1. The molecule has 0 aliphatic carbocycles. The third kappa shape index (κ3) is 5.71. The van der Waals surface area contributed by atoms with Crippen LogP contribution in [-0.4, -0.2) is 32.3 Å². The van der Waals surface area contributed by atoms with E-state index < -0.39 is 6.10 Å². The highest BCUT2D eigenvalue weighted by Gasteiger charge is 2.15. The van der Waals surface area contributed by atoms with Gasteiger partial charge in [0.25, 0.3) is 5.91 Å². The zero-order valence-electron chi connectivity index (χ0n) is 15.0. The topological polar surface area (TPSA) is 56.8 Å². The predicted octanol–water partition coefficient (Wildman–Crippen LogP) is 3.22. The highest BCUT2D eigenvalue weighted by Crippen LogP contribution is 2.20. The van der Waals surface area contributed by atoms with Gasteiger partial charge in [-0.1, -0.05) is 31.2 Å². The molecule has 2 aromatic carbocycles. The molecule has 0 aliphatic rings. The van der Waals surface area contributed by atoms with Crippen LogP contribution in [0, 0.1) is 0 Å². The Morgan fingerprint density at radius 3 is 2.64 bits per heavy atom. The summed E-state index contributed by atoms with van der Waals surface area (Å²) < 4.78 is 16.5. The molecule has 2 rings (SSSR count). The van der Waals surface area contributed by atoms with Crippen LogP contribution in [0.25, 0.3) is 0 Å². The minimum absolute atomic E-state index is 0.167. The normalized spacial score (nSPS) is 11.5. The van der Waals surface area contributed by atoms with Crippen LogP contribution < -0.4 is 19.5 Å². The van der Waals surface area contributed by atoms with Crippen LogP contribution in [0.1, 0.15) is 19.4 Å². The summed E-state index contributed by atoms with van der Waals surface area (Å²) >= 11 is 0. The molecular formula is C20H25NO4. The predicted molar refractivity (Wildman–Crippen MR) is 97.4 cm³/mol. The van der Waals surface area contributed by atoms with Crippen molar-refractivity contribution in [2.24, 2.45) is 0 Å². The van der Waals surface area contributed by atoms with Gasteiger partial charge in [0.15, 0.2) is 6.10 Å². The lowest BCUT2D eigenvalue weighted by Gasteiger charge is -2.17. The number of hydrogen-bond acceptors (Lipinski definition) is 4. The maximum absolute atomic E-state index is 12.1. The lowest BCUT2D eigenvalue weighted by molar-refractivity contribution is -0.127. The number of methoxy groups -OCH3 is 1. The van der Waals surface area contributed by atoms with Gasteiger partial charge in [-0.3, -0.25) is 4.79 Å². The molecule has 1 N–H and O–H groups in total. The summed E-state index contributed by atoms with van der Waals surface area (Å²) in [4.78, 5) is 12.1. The Morgan fingerprint density at radius 1 is 1.12 bits per heavy atom. The molecule has 25 heavy (non-hydrogen) atoms. The molecule has 0 spiro atoms. The Kier molecular flexibility index (Phi) is 7.14. The maximum atomic E-state index is 12.1. The monoisotopic (exact) mass is 343 g/mol. The van der Waals surface area contributed by atoms with Gasteiger partial charge in [-0.05, 0) is 37.1 Å². The second-order valence-electron chi connectivity index (χ2n) is 5.54. The second-order valence-corrected chi connectivity index (χ2v) is 5.54. The largest absolute Gasteiger partial charge is 0.497 e. The van der Waals surface area contributed by atoms with E-state index in [1.165, 1.54) is 0 Å². The quantitative estimate of drug-likeness (QED) is 0.710. The van der Waals surface area contributed by atoms with Crippen molar-refractivity contribution in [2.75, 3.05) is 20.3 Å². The van der Waals surface area contributed by atoms with Crippen molar-refractivity contribution in [3.63, 3.8) is 0 Å². The van der Waals surface area contributed by atoms with E-state index in [0.29, 0.717) is 18.9 Å². The standard InChI is InChI=1S/C20H25NO4/c1-4-16-8-5-6-11-19(16)25-15(2)20(22)21-12-13-24-18-10-7-9-17(14-18)23-3/h5-11,14-15H,4,12-13H2,1-3H3,(H,21,22)/t15-/m1/s1. The minimum Gasteiger partial charge on any atom is -0.497 e. The lowest BCUT2D eigenvalue weighted by Crippen LogP contribution is -2.38. The zero-order valence-corrected chi connectivity index (χ0v) is 15.0. The van der Waals surface area contributed by atoms with Gasteiger partial charge < -0.3 is 19.5 Å². The van der Waals surface area contributed by atoms with Crippen LogP contribution in [0.4, 0.5) is 0 Å². The molecule has 0 bridgehead atoms. The van der Waals surface area contributed by atoms with Crippen LogP contribution >= 0.6 is 0 Å². The summed E-state index contributed by atoms with van der Waals surface area (Å²) in [5.74, 6) is 2.02. The Balaban J connectivity index is 1.75. The van der Waals surface area contributed by atoms with E-state index in [-0.39, 0.29) is 5.91 Å². The Labute approximate surface area is 148 Å². The van der Waals surface area contributed by atoms with Crippen LogP contribution in [0.15, 0.2) is 48.5 Å². The molecule has 0 unspecified atom stereocenters. The van der Waals surface area contributed by atoms with E-state index in [1.54, 1.807) is 20.1 Å². The highest BCUT2D eigenvalue weighted by atomic mass is 16.5. The number of hydrogen-bond donors (Lipinski definition) is 1. The molecule has 0 fully saturated rings. The molecule has 1 amide bonds. The molecule has 0 aromatic heterocycles. The van der Waals surface area contributed by atoms with Crippen molar-refractivity contribution in [1.82, 2.24) is 5.32 Å². The number of carbonyl (C=O) groups is 1. The molecule has 1 atom stereocenters. The Hall–Kier alpha value is -2.69. The van der Waals surface area contributed by atoms with E-state index in [4.69, 9.17) is 14.2 Å². The molecular weight excluding hydrogens is 318 g/mol. The van der Waals surface area contributed by atoms with E-state index in [2.05, 4.69) is 12.2 Å². The summed E-state index contributed by atoms with van der Waals surface area (Å²) in [6.07, 6.45) is 0.295. The average Bonchev–Trinajstić information content (AvgIpc) is 2.65. The SMILES string of the molecule is CCc1ccccc1O[C@H](C)C(=O)NCCOc1cccc(OC)c1. The summed E-state index contributed by atoms with van der Waals surface area (Å²) in [6, 6.07) is 15.1. The maximum Gasteiger partial charge on any atom is 0.260 e. The molecule has 5 nitrogen and oxygen atoms in total. The highest BCUT2D eigenvalue weighted by molar-refractivity contribution is 5.80. The first kappa shape index (κ1) is 18.6. The first-order chi connectivity index (χ1) is 12.1. The first-order valence-electron chi connectivity index (χ1n) is 8.43. The fourth-order valence-electron chi connectivity index (χ4n) is 2.33. The number of rotatable bonds is 9. The van der Waals surface area contributed by atoms with Crippen LogP contribution in [-0.2, 0) is 11.2 Å². The third-order valence-corrected chi connectivity index (χ3v) is 3.74. The molecule has 5 heteroatoms. The summed E-state index contributed by atoms with van der Waals surface area (Å²) in [5.41, 5.74) is 1.09. The van der Waals surface area contributed by atoms with Crippen LogP contribution in [0.2, 0.25) is 0 Å². The van der Waals surface area contributed by atoms with E-state index in [0.717, 1.165) is 23.5 Å². The lowest BCUT2D eigenvalue weighted by atomic mass is 10.1. The van der Waals surface area contributed by atoms with Crippen molar-refractivity contribution in [2.45, 2.75) is 26.4 Å². The first-order valence-corrected chi connectivity index (χ1v) is 8.43. The van der Waals surface area contributed by atoms with Gasteiger partial charge in [-0.15, -0.1) is 0 Å². The number of amides is 1. The Morgan fingerprint density at radius 2 is 1.88 bits per heavy atom. The van der Waals surface area contributed by atoms with E-state index in [1.807, 2.05) is 42.5 Å². The minimum atomic E-state index is -0.565. The van der Waals surface area contributed by atoms with Gasteiger partial charge in [0.1, 0.15) is 23.9 Å². The summed E-state index contributed by atoms with van der Waals surface area (Å²) in [5, 5.41) is 2.82. The van der Waals surface area contributed by atoms with Crippen molar-refractivity contribution in [3.8, 4) is 17.2 Å². The molecule has 0 saturated carbocycles. The van der Waals surface area contributed by atoms with Gasteiger partial charge in [0.2, 0.25) is 0 Å². The second kappa shape index (κ2) is 9.57. The molecule has 0 heterocycles. The summed E-state index contributed by atoms with van der Waals surface area (Å²) in [7, 11) is 1.61. The van der Waals surface area contributed by atoms with Gasteiger partial charge in [0, 0.05) is 6.07 Å². The average molecular weight is 343 g/mol. The third-order valence-electron chi connectivity index (χ3n) is 3.74. The fourth-order valence-corrected chi connectivity index (χ4v) is 2.33. The number of aryl methyl sites for hydroxylation is 1. The van der Waals surface area contributed by atoms with Crippen LogP contribution in [0.3, 0.4) is 0 Å². The fraction of sp³-hybridized carbons (Fsp3) is 0.350. The van der Waals surface area contributed by atoms with E-state index in [9.17, 15) is 4.79 Å². The Bertz CT molecular complexity index is 687. The van der Waals surface area contributed by atoms with Crippen molar-refractivity contribution >= 4 is 5.91 Å². The van der Waals surface area contributed by atoms with Gasteiger partial charge in [-0.2, -0.15) is 0 Å². The molecule has 0 saturated heterocycles. The number of benzene rings is 2. The van der Waals surface area contributed by atoms with Gasteiger partial charge in [-0.25, -0.2) is 0 Å². The van der Waals surface area contributed by atoms with Crippen molar-refractivity contribution in [1.29, 1.82) is 0 Å². The molecule has 0 radical (unpaired) electrons. The molecule has 2 aromatic rings. The number of nitrogens with one attached hydrogen (secondary N) is 1. The molecule has 0 aliphatic heterocycles. The smallest absolute Gasteiger partial charge is 0.260 e. The summed E-state index contributed by atoms with van der Waals surface area (Å²) in [6.45, 7) is 4.57. The number of ether oxygens (including phenoxy) is 3. The van der Waals surface area contributed by atoms with Gasteiger partial charge >= 0.3 is 0 Å². The van der Waals surface area contributed by atoms with Crippen molar-refractivity contribution in [3.05, 3.63) is 54.1 Å². The van der Waals surface area contributed by atoms with Crippen LogP contribution in [0.5, 0.6) is 17.2 Å². The molecule has 134 valence electrons. The van der Waals surface area contributed by atoms with E-state index >= 15 is 0 Å². The van der Waals surface area contributed by atoms with Crippen molar-refractivity contribution < 1.29 is 19.0 Å². The zero-order chi connectivity index (χ0) is 18.1. The van der Waals surface area contributed by atoms with Gasteiger partial charge in [0.05, 0.1) is 13.7 Å².